The number of morpholine rings is 1. The summed E-state index contributed by atoms with van der Waals surface area (Å²) in [5.74, 6) is -0.601. The van der Waals surface area contributed by atoms with E-state index in [1.807, 2.05) is 0 Å². The molecular formula is C13H12FN3O2S. The van der Waals surface area contributed by atoms with Crippen LogP contribution in [0.25, 0.3) is 10.6 Å². The standard InChI is InChI=1S/C13H12FN3O2S/c14-8-2-1-3-16-11(8)10-7-17-13(20-10)12(18)9-6-15-4-5-19-9/h1-3,7,9,15H,4-6H2/t9-/m0/s1. The van der Waals surface area contributed by atoms with Crippen LogP contribution in [0, 0.1) is 5.82 Å². The zero-order valence-corrected chi connectivity index (χ0v) is 11.3. The van der Waals surface area contributed by atoms with Gasteiger partial charge in [0.25, 0.3) is 0 Å². The van der Waals surface area contributed by atoms with Gasteiger partial charge in [0, 0.05) is 25.5 Å². The van der Waals surface area contributed by atoms with Gasteiger partial charge >= 0.3 is 0 Å². The fourth-order valence-electron chi connectivity index (χ4n) is 1.94. The largest absolute Gasteiger partial charge is 0.367 e. The summed E-state index contributed by atoms with van der Waals surface area (Å²) < 4.78 is 19.0. The molecule has 3 rings (SSSR count). The number of rotatable bonds is 3. The van der Waals surface area contributed by atoms with Crippen LogP contribution < -0.4 is 5.32 Å². The Morgan fingerprint density at radius 1 is 1.50 bits per heavy atom. The summed E-state index contributed by atoms with van der Waals surface area (Å²) in [6, 6.07) is 2.85. The Labute approximate surface area is 118 Å². The summed E-state index contributed by atoms with van der Waals surface area (Å²) in [5, 5.41) is 3.41. The highest BCUT2D eigenvalue weighted by Crippen LogP contribution is 2.27. The predicted octanol–water partition coefficient (Wildman–Crippen LogP) is 1.52. The molecule has 0 unspecified atom stereocenters. The van der Waals surface area contributed by atoms with Crippen LogP contribution in [0.2, 0.25) is 0 Å². The third-order valence-corrected chi connectivity index (χ3v) is 3.95. The highest BCUT2D eigenvalue weighted by Gasteiger charge is 2.26. The number of halogens is 1. The summed E-state index contributed by atoms with van der Waals surface area (Å²) in [6.45, 7) is 1.72. The van der Waals surface area contributed by atoms with Crippen LogP contribution >= 0.6 is 11.3 Å². The number of nitrogens with zero attached hydrogens (tertiary/aromatic N) is 2. The molecular weight excluding hydrogens is 281 g/mol. The quantitative estimate of drug-likeness (QED) is 0.869. The lowest BCUT2D eigenvalue weighted by Gasteiger charge is -2.21. The maximum atomic E-state index is 13.6. The summed E-state index contributed by atoms with van der Waals surface area (Å²) in [5.41, 5.74) is 0.215. The molecule has 5 nitrogen and oxygen atoms in total. The monoisotopic (exact) mass is 293 g/mol. The van der Waals surface area contributed by atoms with Crippen molar-refractivity contribution >= 4 is 17.1 Å². The van der Waals surface area contributed by atoms with Gasteiger partial charge < -0.3 is 10.1 Å². The van der Waals surface area contributed by atoms with E-state index in [0.717, 1.165) is 17.9 Å². The number of nitrogens with one attached hydrogen (secondary N) is 1. The molecule has 1 atom stereocenters. The van der Waals surface area contributed by atoms with Crippen LogP contribution in [0.3, 0.4) is 0 Å². The number of carbonyl (C=O) groups excluding carboxylic acids is 1. The summed E-state index contributed by atoms with van der Waals surface area (Å²) in [7, 11) is 0. The van der Waals surface area contributed by atoms with Gasteiger partial charge in [-0.15, -0.1) is 11.3 Å². The molecule has 2 aromatic heterocycles. The average molecular weight is 293 g/mol. The zero-order chi connectivity index (χ0) is 13.9. The third-order valence-electron chi connectivity index (χ3n) is 2.93. The first kappa shape index (κ1) is 13.3. The topological polar surface area (TPSA) is 64.1 Å². The first-order valence-electron chi connectivity index (χ1n) is 6.19. The van der Waals surface area contributed by atoms with Crippen molar-refractivity contribution in [3.05, 3.63) is 35.4 Å². The Hall–Kier alpha value is -1.70. The Bertz CT molecular complexity index is 626. The van der Waals surface area contributed by atoms with E-state index < -0.39 is 11.9 Å². The van der Waals surface area contributed by atoms with E-state index in [1.54, 1.807) is 0 Å². The predicted molar refractivity (Wildman–Crippen MR) is 72.2 cm³/mol. The van der Waals surface area contributed by atoms with E-state index >= 15 is 0 Å². The summed E-state index contributed by atoms with van der Waals surface area (Å²) in [4.78, 5) is 20.8. The maximum Gasteiger partial charge on any atom is 0.221 e. The molecule has 20 heavy (non-hydrogen) atoms. The first-order valence-corrected chi connectivity index (χ1v) is 7.00. The molecule has 0 bridgehead atoms. The van der Waals surface area contributed by atoms with Crippen molar-refractivity contribution in [3.8, 4) is 10.6 Å². The van der Waals surface area contributed by atoms with Gasteiger partial charge in [-0.05, 0) is 12.1 Å². The van der Waals surface area contributed by atoms with E-state index in [4.69, 9.17) is 4.74 Å². The fraction of sp³-hybridized carbons (Fsp3) is 0.308. The Morgan fingerprint density at radius 2 is 2.40 bits per heavy atom. The highest BCUT2D eigenvalue weighted by molar-refractivity contribution is 7.17. The lowest BCUT2D eigenvalue weighted by molar-refractivity contribution is 0.0269. The normalized spacial score (nSPS) is 18.9. The zero-order valence-electron chi connectivity index (χ0n) is 10.5. The maximum absolute atomic E-state index is 13.6. The Balaban J connectivity index is 1.83. The second-order valence-corrected chi connectivity index (χ2v) is 5.32. The van der Waals surface area contributed by atoms with Gasteiger partial charge in [-0.1, -0.05) is 0 Å². The minimum absolute atomic E-state index is 0.176. The molecule has 0 aliphatic carbocycles. The molecule has 1 aliphatic heterocycles. The van der Waals surface area contributed by atoms with Crippen molar-refractivity contribution in [2.45, 2.75) is 6.10 Å². The molecule has 1 N–H and O–H groups in total. The number of hydrogen-bond donors (Lipinski definition) is 1. The molecule has 1 fully saturated rings. The molecule has 0 amide bonds. The SMILES string of the molecule is O=C(c1ncc(-c2ncccc2F)s1)[C@@H]1CNCCO1. The molecule has 0 aromatic carbocycles. The fourth-order valence-corrected chi connectivity index (χ4v) is 2.83. The Morgan fingerprint density at radius 3 is 3.15 bits per heavy atom. The first-order chi connectivity index (χ1) is 9.75. The van der Waals surface area contributed by atoms with E-state index in [2.05, 4.69) is 15.3 Å². The number of pyridine rings is 1. The van der Waals surface area contributed by atoms with Crippen molar-refractivity contribution < 1.29 is 13.9 Å². The van der Waals surface area contributed by atoms with Gasteiger partial charge in [0.05, 0.1) is 11.5 Å². The molecule has 0 spiro atoms. The molecule has 3 heterocycles. The number of ether oxygens (including phenoxy) is 1. The second-order valence-electron chi connectivity index (χ2n) is 4.29. The number of ketones is 1. The second kappa shape index (κ2) is 5.74. The van der Waals surface area contributed by atoms with E-state index in [1.165, 1.54) is 24.5 Å². The Kier molecular flexibility index (Phi) is 3.81. The van der Waals surface area contributed by atoms with Gasteiger partial charge in [-0.25, -0.2) is 9.37 Å². The minimum Gasteiger partial charge on any atom is -0.367 e. The highest BCUT2D eigenvalue weighted by atomic mass is 32.1. The van der Waals surface area contributed by atoms with E-state index in [-0.39, 0.29) is 11.5 Å². The lowest BCUT2D eigenvalue weighted by atomic mass is 10.2. The number of carbonyl (C=O) groups is 1. The van der Waals surface area contributed by atoms with Gasteiger partial charge in [0.15, 0.2) is 5.01 Å². The third kappa shape index (κ3) is 2.60. The molecule has 0 saturated carbocycles. The van der Waals surface area contributed by atoms with Crippen LogP contribution in [0.15, 0.2) is 24.5 Å². The number of aromatic nitrogens is 2. The average Bonchev–Trinajstić information content (AvgIpc) is 2.97. The number of hydrogen-bond acceptors (Lipinski definition) is 6. The van der Waals surface area contributed by atoms with Crippen LogP contribution in [-0.4, -0.2) is 41.6 Å². The molecule has 104 valence electrons. The lowest BCUT2D eigenvalue weighted by Crippen LogP contribution is -2.43. The van der Waals surface area contributed by atoms with Crippen molar-refractivity contribution in [2.75, 3.05) is 19.7 Å². The van der Waals surface area contributed by atoms with E-state index in [9.17, 15) is 9.18 Å². The molecule has 2 aromatic rings. The van der Waals surface area contributed by atoms with Crippen molar-refractivity contribution in [2.24, 2.45) is 0 Å². The van der Waals surface area contributed by atoms with Crippen molar-refractivity contribution in [1.29, 1.82) is 0 Å². The number of thiazole rings is 1. The molecule has 1 saturated heterocycles. The van der Waals surface area contributed by atoms with Crippen molar-refractivity contribution in [3.63, 3.8) is 0 Å². The minimum atomic E-state index is -0.517. The molecule has 1 aliphatic rings. The van der Waals surface area contributed by atoms with Crippen molar-refractivity contribution in [1.82, 2.24) is 15.3 Å². The van der Waals surface area contributed by atoms with Gasteiger partial charge in [-0.2, -0.15) is 0 Å². The smallest absolute Gasteiger partial charge is 0.221 e. The van der Waals surface area contributed by atoms with Crippen LogP contribution in [0.4, 0.5) is 4.39 Å². The van der Waals surface area contributed by atoms with Crippen LogP contribution in [0.5, 0.6) is 0 Å². The van der Waals surface area contributed by atoms with Gasteiger partial charge in [-0.3, -0.25) is 9.78 Å². The summed E-state index contributed by atoms with van der Waals surface area (Å²) in [6.07, 6.45) is 2.46. The van der Waals surface area contributed by atoms with E-state index in [0.29, 0.717) is 23.0 Å². The van der Waals surface area contributed by atoms with Crippen LogP contribution in [0.1, 0.15) is 9.80 Å². The van der Waals surface area contributed by atoms with Gasteiger partial charge in [0.2, 0.25) is 5.78 Å². The number of Topliss-reactive ketones (excluding diaryl/α,β-unsaturated/α-hetero) is 1. The summed E-state index contributed by atoms with van der Waals surface area (Å²) >= 11 is 1.13. The van der Waals surface area contributed by atoms with Crippen LogP contribution in [-0.2, 0) is 4.74 Å². The molecule has 7 heteroatoms. The molecule has 0 radical (unpaired) electrons. The van der Waals surface area contributed by atoms with Gasteiger partial charge in [0.1, 0.15) is 17.6 Å².